The number of hydrogen-bond donors (Lipinski definition) is 0. The van der Waals surface area contributed by atoms with Crippen molar-refractivity contribution in [2.24, 2.45) is 11.8 Å². The average Bonchev–Trinajstić information content (AvgIpc) is 4.03. The molecule has 3 atom stereocenters. The fraction of sp³-hybridized carbons (Fsp3) is 0.415. The lowest BCUT2D eigenvalue weighted by Gasteiger charge is -2.47. The van der Waals surface area contributed by atoms with Gasteiger partial charge in [0.25, 0.3) is 6.71 Å². The Labute approximate surface area is 425 Å². The molecule has 0 N–H and O–H groups in total. The molecule has 5 heteroatoms. The maximum atomic E-state index is 2.89. The lowest BCUT2D eigenvalue weighted by Crippen LogP contribution is -2.62. The number of thiophene rings is 1. The smallest absolute Gasteiger partial charge is 0.264 e. The molecule has 7 aromatic rings. The van der Waals surface area contributed by atoms with Gasteiger partial charge in [0.05, 0.1) is 11.4 Å². The Bertz CT molecular complexity index is 3080. The van der Waals surface area contributed by atoms with Crippen molar-refractivity contribution in [1.82, 2.24) is 0 Å². The van der Waals surface area contributed by atoms with E-state index in [4.69, 9.17) is 0 Å². The SMILES string of the molecule is CC(C)(C)c1ccc(N(c2ccc(C(C)(C)C)cc2)c2cc3c4c(c2)N(C2CC5CCC2C5)c2ccc(C(C)(C)C)cc2B4c2sc4ccc(C(C)(C)C)cc4c2N3c2ccc(C(C)(C)C)cc2)cc1. The van der Waals surface area contributed by atoms with Crippen LogP contribution in [0.2, 0.25) is 0 Å². The van der Waals surface area contributed by atoms with Crippen molar-refractivity contribution in [3.8, 4) is 0 Å². The van der Waals surface area contributed by atoms with E-state index in [9.17, 15) is 0 Å². The molecule has 2 aliphatic heterocycles. The topological polar surface area (TPSA) is 9.72 Å². The van der Waals surface area contributed by atoms with Gasteiger partial charge in [0, 0.05) is 55.0 Å². The molecule has 2 saturated carbocycles. The molecule has 70 heavy (non-hydrogen) atoms. The van der Waals surface area contributed by atoms with Gasteiger partial charge in [0.1, 0.15) is 0 Å². The van der Waals surface area contributed by atoms with E-state index in [1.54, 1.807) is 0 Å². The zero-order chi connectivity index (χ0) is 49.6. The molecule has 360 valence electrons. The normalized spacial score (nSPS) is 18.9. The van der Waals surface area contributed by atoms with Gasteiger partial charge in [-0.05, 0) is 164 Å². The largest absolute Gasteiger partial charge is 0.339 e. The van der Waals surface area contributed by atoms with Gasteiger partial charge >= 0.3 is 0 Å². The first-order valence-electron chi connectivity index (χ1n) is 26.4. The minimum absolute atomic E-state index is 0.000897. The minimum atomic E-state index is 0.000897. The predicted octanol–water partition coefficient (Wildman–Crippen LogP) is 16.8. The van der Waals surface area contributed by atoms with Gasteiger partial charge in [-0.2, -0.15) is 0 Å². The van der Waals surface area contributed by atoms with Gasteiger partial charge in [-0.1, -0.05) is 165 Å². The highest BCUT2D eigenvalue weighted by molar-refractivity contribution is 7.33. The van der Waals surface area contributed by atoms with Crippen LogP contribution in [0, 0.1) is 11.8 Å². The first-order chi connectivity index (χ1) is 32.8. The summed E-state index contributed by atoms with van der Waals surface area (Å²) < 4.78 is 2.81. The molecule has 0 spiro atoms. The summed E-state index contributed by atoms with van der Waals surface area (Å²) in [5.74, 6) is 1.48. The second-order valence-corrected chi connectivity index (χ2v) is 27.9. The highest BCUT2D eigenvalue weighted by Gasteiger charge is 2.50. The maximum Gasteiger partial charge on any atom is 0.264 e. The van der Waals surface area contributed by atoms with Gasteiger partial charge in [-0.25, -0.2) is 0 Å². The fourth-order valence-corrected chi connectivity index (χ4v) is 13.8. The maximum absolute atomic E-state index is 2.89. The van der Waals surface area contributed by atoms with Crippen molar-refractivity contribution in [2.45, 2.75) is 163 Å². The second kappa shape index (κ2) is 16.1. The fourth-order valence-electron chi connectivity index (χ4n) is 12.5. The molecule has 3 unspecified atom stereocenters. The van der Waals surface area contributed by atoms with Crippen LogP contribution in [0.5, 0.6) is 0 Å². The van der Waals surface area contributed by atoms with Crippen molar-refractivity contribution in [3.63, 3.8) is 0 Å². The number of anilines is 8. The quantitative estimate of drug-likeness (QED) is 0.159. The van der Waals surface area contributed by atoms with Crippen LogP contribution < -0.4 is 30.4 Å². The van der Waals surface area contributed by atoms with E-state index in [0.717, 1.165) is 5.92 Å². The summed E-state index contributed by atoms with van der Waals surface area (Å²) in [4.78, 5) is 8.15. The van der Waals surface area contributed by atoms with Gasteiger partial charge in [-0.15, -0.1) is 11.3 Å². The Kier molecular flexibility index (Phi) is 10.8. The molecule has 1 aromatic heterocycles. The van der Waals surface area contributed by atoms with E-state index in [1.165, 1.54) is 125 Å². The minimum Gasteiger partial charge on any atom is -0.339 e. The Balaban J connectivity index is 1.26. The molecule has 4 aliphatic rings. The van der Waals surface area contributed by atoms with Crippen molar-refractivity contribution in [1.29, 1.82) is 0 Å². The predicted molar refractivity (Wildman–Crippen MR) is 307 cm³/mol. The number of fused-ring (bicyclic) bond motifs is 8. The van der Waals surface area contributed by atoms with E-state index in [0.29, 0.717) is 12.0 Å². The average molecular weight is 942 g/mol. The number of rotatable bonds is 5. The van der Waals surface area contributed by atoms with Crippen LogP contribution in [0.3, 0.4) is 0 Å². The highest BCUT2D eigenvalue weighted by Crippen LogP contribution is 2.54. The Morgan fingerprint density at radius 1 is 0.486 bits per heavy atom. The molecule has 2 aliphatic carbocycles. The molecule has 2 bridgehead atoms. The molecule has 3 heterocycles. The van der Waals surface area contributed by atoms with Crippen LogP contribution in [0.1, 0.15) is 157 Å². The third-order valence-corrected chi connectivity index (χ3v) is 17.9. The van der Waals surface area contributed by atoms with E-state index >= 15 is 0 Å². The van der Waals surface area contributed by atoms with Crippen molar-refractivity contribution in [2.75, 3.05) is 14.7 Å². The van der Waals surface area contributed by atoms with Crippen molar-refractivity contribution in [3.05, 3.63) is 149 Å². The van der Waals surface area contributed by atoms with E-state index in [2.05, 4.69) is 240 Å². The lowest BCUT2D eigenvalue weighted by atomic mass is 9.36. The summed E-state index contributed by atoms with van der Waals surface area (Å²) in [5, 5.41) is 1.35. The standard InChI is InChI=1S/C65H76BN3S/c1-61(2,3)42-18-26-47(27-19-42)67(48-28-20-43(21-29-48)62(4,5)6)50-38-55-58-56(39-50)69(54-35-40-16-17-41(54)34-40)53-32-24-46(65(13,14)15)37-52(53)66(58)60-59(51-36-45(64(10,11)12)25-33-57(51)70-60)68(55)49-30-22-44(23-31-49)63(7,8)9/h18-33,36-41,54H,16-17,34-35H2,1-15H3. The Morgan fingerprint density at radius 3 is 1.50 bits per heavy atom. The Morgan fingerprint density at radius 2 is 0.986 bits per heavy atom. The molecule has 0 saturated heterocycles. The molecular formula is C65H76BN3S. The Hall–Kier alpha value is -5.26. The first-order valence-corrected chi connectivity index (χ1v) is 27.3. The third kappa shape index (κ3) is 7.92. The summed E-state index contributed by atoms with van der Waals surface area (Å²) in [7, 11) is 0. The van der Waals surface area contributed by atoms with Crippen LogP contribution in [-0.2, 0) is 27.1 Å². The van der Waals surface area contributed by atoms with Crippen LogP contribution in [0.4, 0.5) is 45.5 Å². The third-order valence-electron chi connectivity index (χ3n) is 16.7. The van der Waals surface area contributed by atoms with E-state index in [-0.39, 0.29) is 33.8 Å². The summed E-state index contributed by atoms with van der Waals surface area (Å²) in [5.41, 5.74) is 20.0. The number of nitrogens with zero attached hydrogens (tertiary/aromatic N) is 3. The van der Waals surface area contributed by atoms with Crippen LogP contribution in [-0.4, -0.2) is 12.8 Å². The zero-order valence-electron chi connectivity index (χ0n) is 44.9. The summed E-state index contributed by atoms with van der Waals surface area (Å²) >= 11 is 2.03. The summed E-state index contributed by atoms with van der Waals surface area (Å²) in [6.45, 7) is 35.2. The molecule has 0 amide bonds. The molecule has 11 rings (SSSR count). The van der Waals surface area contributed by atoms with Crippen LogP contribution in [0.15, 0.2) is 121 Å². The van der Waals surface area contributed by atoms with Gasteiger partial charge in [-0.3, -0.25) is 0 Å². The summed E-state index contributed by atoms with van der Waals surface area (Å²) in [6, 6.07) is 49.1. The number of hydrogen-bond acceptors (Lipinski definition) is 4. The van der Waals surface area contributed by atoms with Gasteiger partial charge < -0.3 is 14.7 Å². The van der Waals surface area contributed by atoms with Crippen molar-refractivity contribution < 1.29 is 0 Å². The summed E-state index contributed by atoms with van der Waals surface area (Å²) in [6.07, 6.45) is 5.29. The van der Waals surface area contributed by atoms with E-state index in [1.807, 2.05) is 11.3 Å². The second-order valence-electron chi connectivity index (χ2n) is 26.8. The van der Waals surface area contributed by atoms with Crippen molar-refractivity contribution >= 4 is 89.3 Å². The zero-order valence-corrected chi connectivity index (χ0v) is 45.8. The van der Waals surface area contributed by atoms with Crippen LogP contribution in [0.25, 0.3) is 10.1 Å². The highest BCUT2D eigenvalue weighted by atomic mass is 32.1. The van der Waals surface area contributed by atoms with Crippen LogP contribution >= 0.6 is 11.3 Å². The number of benzene rings is 6. The van der Waals surface area contributed by atoms with Gasteiger partial charge in [0.15, 0.2) is 0 Å². The molecule has 6 aromatic carbocycles. The lowest BCUT2D eigenvalue weighted by molar-refractivity contribution is 0.413. The van der Waals surface area contributed by atoms with Gasteiger partial charge in [0.2, 0.25) is 0 Å². The molecule has 3 nitrogen and oxygen atoms in total. The van der Waals surface area contributed by atoms with E-state index < -0.39 is 0 Å². The molecule has 2 fully saturated rings. The monoisotopic (exact) mass is 942 g/mol. The molecule has 0 radical (unpaired) electrons. The first kappa shape index (κ1) is 47.1. The molecular weight excluding hydrogens is 866 g/mol.